The van der Waals surface area contributed by atoms with Crippen LogP contribution < -0.4 is 9.44 Å². The highest BCUT2D eigenvalue weighted by molar-refractivity contribution is 7.90. The number of nitrogens with zero attached hydrogens (tertiary/aromatic N) is 1. The van der Waals surface area contributed by atoms with Gasteiger partial charge in [0.15, 0.2) is 0 Å². The van der Waals surface area contributed by atoms with E-state index in [-0.39, 0.29) is 5.82 Å². The summed E-state index contributed by atoms with van der Waals surface area (Å²) >= 11 is 0. The van der Waals surface area contributed by atoms with Gasteiger partial charge in [-0.1, -0.05) is 6.07 Å². The van der Waals surface area contributed by atoms with Crippen LogP contribution in [-0.2, 0) is 15.0 Å². The zero-order chi connectivity index (χ0) is 12.9. The van der Waals surface area contributed by atoms with E-state index in [1.165, 1.54) is 19.2 Å². The van der Waals surface area contributed by atoms with Crippen molar-refractivity contribution in [2.75, 3.05) is 11.8 Å². The highest BCUT2D eigenvalue weighted by Gasteiger charge is 2.06. The van der Waals surface area contributed by atoms with E-state index >= 15 is 0 Å². The van der Waals surface area contributed by atoms with E-state index in [2.05, 4.69) is 14.4 Å². The Kier molecular flexibility index (Phi) is 4.18. The molecule has 0 unspecified atom stereocenters. The van der Waals surface area contributed by atoms with Crippen LogP contribution in [0.3, 0.4) is 0 Å². The summed E-state index contributed by atoms with van der Waals surface area (Å²) < 4.78 is 26.6. The number of aliphatic carboxylic acids is 1. The smallest absolute Gasteiger partial charge is 0.328 e. The van der Waals surface area contributed by atoms with Crippen molar-refractivity contribution >= 4 is 28.1 Å². The zero-order valence-corrected chi connectivity index (χ0v) is 9.73. The molecule has 0 aliphatic heterocycles. The predicted molar refractivity (Wildman–Crippen MR) is 62.5 cm³/mol. The fourth-order valence-electron chi connectivity index (χ4n) is 0.946. The van der Waals surface area contributed by atoms with Crippen LogP contribution in [0, 0.1) is 0 Å². The number of carboxylic acids is 1. The minimum Gasteiger partial charge on any atom is -0.478 e. The predicted octanol–water partition coefficient (Wildman–Crippen LogP) is 0.0555. The van der Waals surface area contributed by atoms with Gasteiger partial charge in [-0.15, -0.1) is 0 Å². The van der Waals surface area contributed by atoms with Crippen molar-refractivity contribution in [3.63, 3.8) is 0 Å². The normalized spacial score (nSPS) is 11.6. The molecular formula is C9H11N3O4S. The summed E-state index contributed by atoms with van der Waals surface area (Å²) in [7, 11) is -2.36. The molecule has 1 heterocycles. The van der Waals surface area contributed by atoms with Crippen LogP contribution in [0.2, 0.25) is 0 Å². The summed E-state index contributed by atoms with van der Waals surface area (Å²) in [5, 5.41) is 8.43. The maximum absolute atomic E-state index is 11.2. The Morgan fingerprint density at radius 2 is 2.18 bits per heavy atom. The highest BCUT2D eigenvalue weighted by Crippen LogP contribution is 2.07. The Balaban J connectivity index is 2.90. The number of hydrogen-bond donors (Lipinski definition) is 3. The minimum atomic E-state index is -3.62. The summed E-state index contributed by atoms with van der Waals surface area (Å²) in [6, 6.07) is 4.56. The van der Waals surface area contributed by atoms with Crippen LogP contribution in [0.15, 0.2) is 24.3 Å². The Morgan fingerprint density at radius 1 is 1.47 bits per heavy atom. The van der Waals surface area contributed by atoms with Crippen LogP contribution in [0.4, 0.5) is 5.82 Å². The van der Waals surface area contributed by atoms with Crippen LogP contribution in [0.1, 0.15) is 5.69 Å². The lowest BCUT2D eigenvalue weighted by atomic mass is 10.3. The van der Waals surface area contributed by atoms with Gasteiger partial charge in [-0.25, -0.2) is 14.5 Å². The molecule has 0 atom stereocenters. The first-order chi connectivity index (χ1) is 7.93. The Bertz CT molecular complexity index is 539. The summed E-state index contributed by atoms with van der Waals surface area (Å²) in [4.78, 5) is 14.2. The number of aromatic nitrogens is 1. The van der Waals surface area contributed by atoms with Gasteiger partial charge in [-0.2, -0.15) is 8.42 Å². The molecule has 0 fully saturated rings. The molecular weight excluding hydrogens is 246 g/mol. The van der Waals surface area contributed by atoms with Crippen molar-refractivity contribution in [1.82, 2.24) is 9.71 Å². The molecule has 1 rings (SSSR count). The van der Waals surface area contributed by atoms with E-state index < -0.39 is 16.2 Å². The summed E-state index contributed by atoms with van der Waals surface area (Å²) in [6.07, 6.45) is 2.18. The second-order valence-electron chi connectivity index (χ2n) is 2.93. The second-order valence-corrected chi connectivity index (χ2v) is 4.55. The number of anilines is 1. The number of pyridine rings is 1. The van der Waals surface area contributed by atoms with E-state index in [9.17, 15) is 13.2 Å². The van der Waals surface area contributed by atoms with Crippen LogP contribution >= 0.6 is 0 Å². The van der Waals surface area contributed by atoms with E-state index in [1.54, 1.807) is 12.1 Å². The molecule has 92 valence electrons. The fourth-order valence-corrected chi connectivity index (χ4v) is 1.44. The Hall–Kier alpha value is -1.93. The molecule has 0 radical (unpaired) electrons. The Labute approximate surface area is 98.4 Å². The third kappa shape index (κ3) is 4.62. The van der Waals surface area contributed by atoms with Gasteiger partial charge in [-0.3, -0.25) is 4.72 Å². The maximum atomic E-state index is 11.2. The highest BCUT2D eigenvalue weighted by atomic mass is 32.2. The largest absolute Gasteiger partial charge is 0.478 e. The number of carbonyl (C=O) groups is 1. The standard InChI is InChI=1S/C9H11N3O4S/c1-10-17(15,16)12-8-4-2-3-7(11-8)5-6-9(13)14/h2-6,10H,1H3,(H,11,12)(H,13,14)/b6-5+. The molecule has 0 aromatic carbocycles. The molecule has 7 nitrogen and oxygen atoms in total. The number of nitrogens with one attached hydrogen (secondary N) is 2. The molecule has 0 aliphatic rings. The van der Waals surface area contributed by atoms with Gasteiger partial charge in [-0.05, 0) is 18.2 Å². The van der Waals surface area contributed by atoms with Crippen LogP contribution in [0.5, 0.6) is 0 Å². The second kappa shape index (κ2) is 5.41. The lowest BCUT2D eigenvalue weighted by molar-refractivity contribution is -0.131. The topological polar surface area (TPSA) is 108 Å². The van der Waals surface area contributed by atoms with E-state index in [4.69, 9.17) is 5.11 Å². The molecule has 17 heavy (non-hydrogen) atoms. The number of hydrogen-bond acceptors (Lipinski definition) is 4. The maximum Gasteiger partial charge on any atom is 0.328 e. The fraction of sp³-hybridized carbons (Fsp3) is 0.111. The quantitative estimate of drug-likeness (QED) is 0.646. The van der Waals surface area contributed by atoms with Crippen molar-refractivity contribution in [2.24, 2.45) is 0 Å². The molecule has 1 aromatic heterocycles. The Morgan fingerprint density at radius 3 is 2.76 bits per heavy atom. The van der Waals surface area contributed by atoms with Crippen molar-refractivity contribution in [3.05, 3.63) is 30.0 Å². The van der Waals surface area contributed by atoms with Crippen LogP contribution in [-0.4, -0.2) is 31.5 Å². The molecule has 0 amide bonds. The third-order valence-electron chi connectivity index (χ3n) is 1.67. The zero-order valence-electron chi connectivity index (χ0n) is 8.91. The van der Waals surface area contributed by atoms with Gasteiger partial charge in [0.25, 0.3) is 10.2 Å². The first-order valence-corrected chi connectivity index (χ1v) is 6.00. The third-order valence-corrected chi connectivity index (χ3v) is 2.69. The lowest BCUT2D eigenvalue weighted by Crippen LogP contribution is -2.26. The molecule has 0 spiro atoms. The SMILES string of the molecule is CNS(=O)(=O)Nc1cccc(/C=C/C(=O)O)n1. The van der Waals surface area contributed by atoms with Gasteiger partial charge in [0.1, 0.15) is 5.82 Å². The van der Waals surface area contributed by atoms with Crippen molar-refractivity contribution < 1.29 is 18.3 Å². The molecule has 0 saturated heterocycles. The van der Waals surface area contributed by atoms with E-state index in [0.717, 1.165) is 6.08 Å². The van der Waals surface area contributed by atoms with E-state index in [1.807, 2.05) is 0 Å². The number of rotatable bonds is 5. The first kappa shape index (κ1) is 13.1. The van der Waals surface area contributed by atoms with Gasteiger partial charge in [0.2, 0.25) is 0 Å². The van der Waals surface area contributed by atoms with Crippen molar-refractivity contribution in [2.45, 2.75) is 0 Å². The summed E-state index contributed by atoms with van der Waals surface area (Å²) in [6.45, 7) is 0. The van der Waals surface area contributed by atoms with Gasteiger partial charge in [0.05, 0.1) is 5.69 Å². The molecule has 0 bridgehead atoms. The average molecular weight is 257 g/mol. The first-order valence-electron chi connectivity index (χ1n) is 4.52. The van der Waals surface area contributed by atoms with Crippen molar-refractivity contribution in [1.29, 1.82) is 0 Å². The van der Waals surface area contributed by atoms with Gasteiger partial charge < -0.3 is 5.11 Å². The number of carboxylic acid groups (broad SMARTS) is 1. The van der Waals surface area contributed by atoms with Gasteiger partial charge >= 0.3 is 5.97 Å². The minimum absolute atomic E-state index is 0.104. The summed E-state index contributed by atoms with van der Waals surface area (Å²) in [5.74, 6) is -1.00. The van der Waals surface area contributed by atoms with Gasteiger partial charge in [0, 0.05) is 13.1 Å². The average Bonchev–Trinajstić information content (AvgIpc) is 2.26. The molecule has 3 N–H and O–H groups in total. The molecule has 0 saturated carbocycles. The molecule has 1 aromatic rings. The lowest BCUT2D eigenvalue weighted by Gasteiger charge is -2.05. The van der Waals surface area contributed by atoms with Crippen LogP contribution in [0.25, 0.3) is 6.08 Å². The van der Waals surface area contributed by atoms with E-state index in [0.29, 0.717) is 5.69 Å². The monoisotopic (exact) mass is 257 g/mol. The van der Waals surface area contributed by atoms with Crippen molar-refractivity contribution in [3.8, 4) is 0 Å². The molecule has 8 heteroatoms. The summed E-state index contributed by atoms with van der Waals surface area (Å²) in [5.41, 5.74) is 0.337. The molecule has 0 aliphatic carbocycles.